The van der Waals surface area contributed by atoms with Crippen molar-refractivity contribution in [2.24, 2.45) is 0 Å². The molecule has 0 atom stereocenters. The molecule has 0 aliphatic carbocycles. The summed E-state index contributed by atoms with van der Waals surface area (Å²) in [5, 5.41) is 0. The van der Waals surface area contributed by atoms with Crippen molar-refractivity contribution < 1.29 is 8.42 Å². The third-order valence-corrected chi connectivity index (χ3v) is 5.26. The third kappa shape index (κ3) is 3.03. The Balaban J connectivity index is 2.09. The fourth-order valence-corrected chi connectivity index (χ4v) is 3.93. The molecule has 1 aliphatic heterocycles. The summed E-state index contributed by atoms with van der Waals surface area (Å²) in [7, 11) is -3.19. The zero-order valence-corrected chi connectivity index (χ0v) is 11.5. The van der Waals surface area contributed by atoms with E-state index in [4.69, 9.17) is 5.73 Å². The van der Waals surface area contributed by atoms with Gasteiger partial charge in [0, 0.05) is 12.2 Å². The lowest BCUT2D eigenvalue weighted by Gasteiger charge is -2.15. The first-order valence-electron chi connectivity index (χ1n) is 6.30. The van der Waals surface area contributed by atoms with Crippen LogP contribution in [0.15, 0.2) is 23.1 Å². The highest BCUT2D eigenvalue weighted by atomic mass is 32.2. The van der Waals surface area contributed by atoms with Crippen LogP contribution in [-0.4, -0.2) is 38.7 Å². The molecule has 0 unspecified atom stereocenters. The van der Waals surface area contributed by atoms with E-state index in [2.05, 4.69) is 4.90 Å². The van der Waals surface area contributed by atoms with Crippen LogP contribution in [0.25, 0.3) is 0 Å². The molecule has 0 spiro atoms. The highest BCUT2D eigenvalue weighted by Crippen LogP contribution is 2.19. The number of anilines is 1. The summed E-state index contributed by atoms with van der Waals surface area (Å²) in [6.45, 7) is 4.47. The van der Waals surface area contributed by atoms with Gasteiger partial charge in [0.1, 0.15) is 0 Å². The van der Waals surface area contributed by atoms with Crippen LogP contribution in [-0.2, 0) is 9.84 Å². The van der Waals surface area contributed by atoms with Gasteiger partial charge in [-0.1, -0.05) is 0 Å². The van der Waals surface area contributed by atoms with Crippen molar-refractivity contribution in [2.75, 3.05) is 31.1 Å². The molecule has 1 fully saturated rings. The van der Waals surface area contributed by atoms with Gasteiger partial charge in [0.25, 0.3) is 0 Å². The molecule has 0 bridgehead atoms. The van der Waals surface area contributed by atoms with E-state index < -0.39 is 9.84 Å². The average Bonchev–Trinajstić information content (AvgIpc) is 2.78. The smallest absolute Gasteiger partial charge is 0.179 e. The summed E-state index contributed by atoms with van der Waals surface area (Å²) >= 11 is 0. The molecule has 1 aliphatic rings. The van der Waals surface area contributed by atoms with E-state index in [1.165, 1.54) is 12.8 Å². The van der Waals surface area contributed by atoms with Gasteiger partial charge in [0.05, 0.1) is 10.6 Å². The second-order valence-electron chi connectivity index (χ2n) is 4.89. The predicted octanol–water partition coefficient (Wildman–Crippen LogP) is 1.45. The van der Waals surface area contributed by atoms with Gasteiger partial charge in [-0.3, -0.25) is 0 Å². The third-order valence-electron chi connectivity index (χ3n) is 3.41. The fourth-order valence-electron chi connectivity index (χ4n) is 2.39. The van der Waals surface area contributed by atoms with E-state index in [-0.39, 0.29) is 5.75 Å². The monoisotopic (exact) mass is 268 g/mol. The SMILES string of the molecule is Cc1cc(N)ccc1S(=O)(=O)CCN1CCCC1. The Morgan fingerprint density at radius 3 is 2.56 bits per heavy atom. The molecule has 0 saturated carbocycles. The molecule has 1 saturated heterocycles. The Morgan fingerprint density at radius 1 is 1.28 bits per heavy atom. The van der Waals surface area contributed by atoms with Crippen LogP contribution in [0.3, 0.4) is 0 Å². The Kier molecular flexibility index (Phi) is 3.92. The molecule has 1 aromatic rings. The van der Waals surface area contributed by atoms with Crippen molar-refractivity contribution in [1.29, 1.82) is 0 Å². The Morgan fingerprint density at radius 2 is 1.94 bits per heavy atom. The van der Waals surface area contributed by atoms with Gasteiger partial charge in [-0.2, -0.15) is 0 Å². The van der Waals surface area contributed by atoms with Crippen LogP contribution >= 0.6 is 0 Å². The van der Waals surface area contributed by atoms with Crippen LogP contribution in [0.2, 0.25) is 0 Å². The van der Waals surface area contributed by atoms with Crippen LogP contribution in [0.5, 0.6) is 0 Å². The van der Waals surface area contributed by atoms with E-state index in [0.29, 0.717) is 17.1 Å². The molecule has 2 rings (SSSR count). The quantitative estimate of drug-likeness (QED) is 0.839. The molecule has 18 heavy (non-hydrogen) atoms. The van der Waals surface area contributed by atoms with Gasteiger partial charge < -0.3 is 10.6 Å². The average molecular weight is 268 g/mol. The normalized spacial score (nSPS) is 17.2. The Labute approximate surface area is 109 Å². The number of nitrogens with two attached hydrogens (primary N) is 1. The summed E-state index contributed by atoms with van der Waals surface area (Å²) in [6.07, 6.45) is 2.36. The maximum absolute atomic E-state index is 12.3. The molecule has 4 nitrogen and oxygen atoms in total. The van der Waals surface area contributed by atoms with Crippen molar-refractivity contribution in [3.8, 4) is 0 Å². The van der Waals surface area contributed by atoms with Crippen molar-refractivity contribution in [1.82, 2.24) is 4.90 Å². The number of hydrogen-bond donors (Lipinski definition) is 1. The number of likely N-dealkylation sites (tertiary alicyclic amines) is 1. The topological polar surface area (TPSA) is 63.4 Å². The first-order chi connectivity index (χ1) is 8.49. The first-order valence-corrected chi connectivity index (χ1v) is 7.95. The molecular weight excluding hydrogens is 248 g/mol. The van der Waals surface area contributed by atoms with Crippen LogP contribution in [0, 0.1) is 6.92 Å². The van der Waals surface area contributed by atoms with E-state index >= 15 is 0 Å². The minimum Gasteiger partial charge on any atom is -0.399 e. The lowest BCUT2D eigenvalue weighted by Crippen LogP contribution is -2.26. The second kappa shape index (κ2) is 5.28. The molecule has 0 aromatic heterocycles. The lowest BCUT2D eigenvalue weighted by molar-refractivity contribution is 0.359. The van der Waals surface area contributed by atoms with Crippen molar-refractivity contribution in [3.63, 3.8) is 0 Å². The number of sulfone groups is 1. The van der Waals surface area contributed by atoms with Crippen molar-refractivity contribution in [3.05, 3.63) is 23.8 Å². The number of aryl methyl sites for hydroxylation is 1. The van der Waals surface area contributed by atoms with Crippen molar-refractivity contribution in [2.45, 2.75) is 24.7 Å². The highest BCUT2D eigenvalue weighted by Gasteiger charge is 2.20. The van der Waals surface area contributed by atoms with Crippen LogP contribution < -0.4 is 5.73 Å². The van der Waals surface area contributed by atoms with Gasteiger partial charge in [-0.15, -0.1) is 0 Å². The zero-order valence-electron chi connectivity index (χ0n) is 10.7. The van der Waals surface area contributed by atoms with Gasteiger partial charge in [0.2, 0.25) is 0 Å². The van der Waals surface area contributed by atoms with E-state index in [9.17, 15) is 8.42 Å². The highest BCUT2D eigenvalue weighted by molar-refractivity contribution is 7.91. The molecule has 1 aromatic carbocycles. The number of nitrogens with zero attached hydrogens (tertiary/aromatic N) is 1. The Hall–Kier alpha value is -1.07. The number of nitrogen functional groups attached to an aromatic ring is 1. The largest absolute Gasteiger partial charge is 0.399 e. The number of hydrogen-bond acceptors (Lipinski definition) is 4. The molecule has 2 N–H and O–H groups in total. The minimum atomic E-state index is -3.19. The molecule has 1 heterocycles. The van der Waals surface area contributed by atoms with Gasteiger partial charge in [0.15, 0.2) is 9.84 Å². The van der Waals surface area contributed by atoms with Gasteiger partial charge in [-0.25, -0.2) is 8.42 Å². The van der Waals surface area contributed by atoms with E-state index in [1.807, 2.05) is 0 Å². The second-order valence-corrected chi connectivity index (χ2v) is 6.97. The molecule has 0 amide bonds. The number of benzene rings is 1. The summed E-state index contributed by atoms with van der Waals surface area (Å²) in [5.74, 6) is 0.192. The Bertz CT molecular complexity index is 520. The van der Waals surface area contributed by atoms with Crippen LogP contribution in [0.1, 0.15) is 18.4 Å². The number of rotatable bonds is 4. The molecule has 0 radical (unpaired) electrons. The summed E-state index contributed by atoms with van der Waals surface area (Å²) in [6, 6.07) is 4.97. The molecule has 100 valence electrons. The maximum Gasteiger partial charge on any atom is 0.179 e. The molecule has 5 heteroatoms. The summed E-state index contributed by atoms with van der Waals surface area (Å²) < 4.78 is 24.5. The standard InChI is InChI=1S/C13H20N2O2S/c1-11-10-12(14)4-5-13(11)18(16,17)9-8-15-6-2-3-7-15/h4-5,10H,2-3,6-9,14H2,1H3. The predicted molar refractivity (Wildman–Crippen MR) is 73.3 cm³/mol. The van der Waals surface area contributed by atoms with Crippen LogP contribution in [0.4, 0.5) is 5.69 Å². The summed E-state index contributed by atoms with van der Waals surface area (Å²) in [5.41, 5.74) is 6.98. The lowest BCUT2D eigenvalue weighted by atomic mass is 10.2. The molecular formula is C13H20N2O2S. The van der Waals surface area contributed by atoms with Gasteiger partial charge >= 0.3 is 0 Å². The first kappa shape index (κ1) is 13.4. The fraction of sp³-hybridized carbons (Fsp3) is 0.538. The van der Waals surface area contributed by atoms with E-state index in [1.54, 1.807) is 25.1 Å². The van der Waals surface area contributed by atoms with Gasteiger partial charge in [-0.05, 0) is 56.6 Å². The zero-order chi connectivity index (χ0) is 13.2. The van der Waals surface area contributed by atoms with E-state index in [0.717, 1.165) is 18.7 Å². The van der Waals surface area contributed by atoms with Crippen molar-refractivity contribution >= 4 is 15.5 Å². The maximum atomic E-state index is 12.3. The minimum absolute atomic E-state index is 0.192. The summed E-state index contributed by atoms with van der Waals surface area (Å²) in [4.78, 5) is 2.63.